The third-order valence-electron chi connectivity index (χ3n) is 1.69. The summed E-state index contributed by atoms with van der Waals surface area (Å²) < 4.78 is 0. The van der Waals surface area contributed by atoms with Crippen molar-refractivity contribution >= 4 is 17.5 Å². The zero-order chi connectivity index (χ0) is 11.4. The maximum absolute atomic E-state index is 11.4. The smallest absolute Gasteiger partial charge is 0.291 e. The molecule has 0 bridgehead atoms. The molecule has 0 fully saturated rings. The normalized spacial score (nSPS) is 10.4. The predicted octanol–water partition coefficient (Wildman–Crippen LogP) is 1.41. The van der Waals surface area contributed by atoms with Crippen molar-refractivity contribution in [2.45, 2.75) is 19.8 Å². The fraction of sp³-hybridized carbons (Fsp3) is 0.444. The minimum Gasteiger partial charge on any atom is -0.344 e. The van der Waals surface area contributed by atoms with Gasteiger partial charge in [-0.05, 0) is 0 Å². The number of hydrogen-bond acceptors (Lipinski definition) is 3. The Labute approximate surface area is 92.9 Å². The van der Waals surface area contributed by atoms with Gasteiger partial charge >= 0.3 is 0 Å². The summed E-state index contributed by atoms with van der Waals surface area (Å²) in [6.07, 6.45) is 0. The molecule has 5 nitrogen and oxygen atoms in total. The topological polar surface area (TPSA) is 70.7 Å². The number of carbonyl (C=O) groups excluding carboxylic acids is 1. The van der Waals surface area contributed by atoms with Crippen LogP contribution in [0.25, 0.3) is 0 Å². The first kappa shape index (κ1) is 11.7. The Bertz CT molecular complexity index is 372. The van der Waals surface area contributed by atoms with Gasteiger partial charge in [0.25, 0.3) is 5.91 Å². The molecule has 0 saturated carbocycles. The molecule has 0 saturated heterocycles. The highest BCUT2D eigenvalue weighted by Gasteiger charge is 2.13. The van der Waals surface area contributed by atoms with E-state index in [2.05, 4.69) is 27.1 Å². The van der Waals surface area contributed by atoms with Gasteiger partial charge in [0.1, 0.15) is 5.82 Å². The molecule has 6 heteroatoms. The van der Waals surface area contributed by atoms with Crippen LogP contribution in [-0.2, 0) is 0 Å². The van der Waals surface area contributed by atoms with Gasteiger partial charge in [0, 0.05) is 11.0 Å². The second-order valence-corrected chi connectivity index (χ2v) is 3.93. The lowest BCUT2D eigenvalue weighted by Gasteiger charge is -1.99. The van der Waals surface area contributed by atoms with Gasteiger partial charge < -0.3 is 5.32 Å². The molecule has 2 N–H and O–H groups in total. The summed E-state index contributed by atoms with van der Waals surface area (Å²) in [5, 5.41) is 9.39. The van der Waals surface area contributed by atoms with Gasteiger partial charge in [0.2, 0.25) is 5.82 Å². The van der Waals surface area contributed by atoms with Gasteiger partial charge in [0.15, 0.2) is 0 Å². The third kappa shape index (κ3) is 3.36. The van der Waals surface area contributed by atoms with Crippen LogP contribution in [0.1, 0.15) is 36.2 Å². The maximum atomic E-state index is 11.4. The number of aromatic amines is 1. The summed E-state index contributed by atoms with van der Waals surface area (Å²) in [6.45, 7) is 7.59. The van der Waals surface area contributed by atoms with Gasteiger partial charge in [-0.3, -0.25) is 9.89 Å². The van der Waals surface area contributed by atoms with Crippen LogP contribution < -0.4 is 5.32 Å². The maximum Gasteiger partial charge on any atom is 0.291 e. The summed E-state index contributed by atoms with van der Waals surface area (Å²) in [6, 6.07) is 0. The van der Waals surface area contributed by atoms with E-state index in [9.17, 15) is 4.79 Å². The lowest BCUT2D eigenvalue weighted by Crippen LogP contribution is -2.25. The summed E-state index contributed by atoms with van der Waals surface area (Å²) in [7, 11) is 0. The molecule has 0 spiro atoms. The van der Waals surface area contributed by atoms with E-state index in [4.69, 9.17) is 11.6 Å². The van der Waals surface area contributed by atoms with Crippen LogP contribution >= 0.6 is 11.6 Å². The number of rotatable bonds is 4. The SMILES string of the molecule is C=C(Cl)CNC(=O)c1n[nH]c(C(C)C)n1. The first-order valence-electron chi connectivity index (χ1n) is 4.54. The number of halogens is 1. The molecule has 1 aromatic heterocycles. The van der Waals surface area contributed by atoms with E-state index < -0.39 is 0 Å². The Balaban J connectivity index is 2.62. The van der Waals surface area contributed by atoms with Gasteiger partial charge in [-0.1, -0.05) is 32.0 Å². The standard InChI is InChI=1S/C9H13ClN4O/c1-5(2)7-12-8(14-13-7)9(15)11-4-6(3)10/h5H,3-4H2,1-2H3,(H,11,15)(H,12,13,14). The van der Waals surface area contributed by atoms with Gasteiger partial charge in [-0.2, -0.15) is 0 Å². The van der Waals surface area contributed by atoms with Crippen LogP contribution in [-0.4, -0.2) is 27.6 Å². The van der Waals surface area contributed by atoms with E-state index in [1.54, 1.807) is 0 Å². The molecule has 1 rings (SSSR count). The van der Waals surface area contributed by atoms with Crippen molar-refractivity contribution < 1.29 is 4.79 Å². The minimum absolute atomic E-state index is 0.122. The number of nitrogens with one attached hydrogen (secondary N) is 2. The number of aromatic nitrogens is 3. The number of amides is 1. The van der Waals surface area contributed by atoms with Crippen LogP contribution in [0.4, 0.5) is 0 Å². The molecule has 0 aromatic carbocycles. The Morgan fingerprint density at radius 3 is 2.80 bits per heavy atom. The molecule has 0 aliphatic heterocycles. The van der Waals surface area contributed by atoms with E-state index >= 15 is 0 Å². The second kappa shape index (κ2) is 4.93. The predicted molar refractivity (Wildman–Crippen MR) is 57.8 cm³/mol. The van der Waals surface area contributed by atoms with E-state index in [-0.39, 0.29) is 24.2 Å². The molecule has 0 aliphatic carbocycles. The Morgan fingerprint density at radius 2 is 2.33 bits per heavy atom. The zero-order valence-corrected chi connectivity index (χ0v) is 9.43. The zero-order valence-electron chi connectivity index (χ0n) is 8.67. The highest BCUT2D eigenvalue weighted by Crippen LogP contribution is 2.07. The largest absolute Gasteiger partial charge is 0.344 e. The van der Waals surface area contributed by atoms with Crippen LogP contribution in [0, 0.1) is 0 Å². The molecule has 0 unspecified atom stereocenters. The summed E-state index contributed by atoms with van der Waals surface area (Å²) in [5.41, 5.74) is 0. The molecular weight excluding hydrogens is 216 g/mol. The molecule has 1 heterocycles. The molecule has 1 aromatic rings. The minimum atomic E-state index is -0.361. The van der Waals surface area contributed by atoms with Crippen molar-refractivity contribution in [2.24, 2.45) is 0 Å². The van der Waals surface area contributed by atoms with E-state index in [1.807, 2.05) is 13.8 Å². The first-order valence-corrected chi connectivity index (χ1v) is 4.92. The Morgan fingerprint density at radius 1 is 1.67 bits per heavy atom. The van der Waals surface area contributed by atoms with E-state index in [1.165, 1.54) is 0 Å². The van der Waals surface area contributed by atoms with Crippen molar-refractivity contribution in [1.29, 1.82) is 0 Å². The lowest BCUT2D eigenvalue weighted by molar-refractivity contribution is 0.0947. The number of nitrogens with zero attached hydrogens (tertiary/aromatic N) is 2. The number of H-pyrrole nitrogens is 1. The van der Waals surface area contributed by atoms with Crippen LogP contribution in [0.3, 0.4) is 0 Å². The average Bonchev–Trinajstić information content (AvgIpc) is 2.62. The highest BCUT2D eigenvalue weighted by molar-refractivity contribution is 6.29. The molecule has 0 atom stereocenters. The van der Waals surface area contributed by atoms with Gasteiger partial charge in [-0.15, -0.1) is 5.10 Å². The second-order valence-electron chi connectivity index (χ2n) is 3.40. The van der Waals surface area contributed by atoms with Crippen molar-refractivity contribution in [1.82, 2.24) is 20.5 Å². The van der Waals surface area contributed by atoms with E-state index in [0.29, 0.717) is 10.9 Å². The summed E-state index contributed by atoms with van der Waals surface area (Å²) in [4.78, 5) is 15.5. The fourth-order valence-electron chi connectivity index (χ4n) is 0.889. The number of carbonyl (C=O) groups is 1. The molecular formula is C9H13ClN4O. The molecule has 0 aliphatic rings. The highest BCUT2D eigenvalue weighted by atomic mass is 35.5. The Kier molecular flexibility index (Phi) is 3.85. The van der Waals surface area contributed by atoms with Crippen molar-refractivity contribution in [2.75, 3.05) is 6.54 Å². The molecule has 1 amide bonds. The summed E-state index contributed by atoms with van der Waals surface area (Å²) in [5.74, 6) is 0.656. The van der Waals surface area contributed by atoms with Crippen molar-refractivity contribution in [3.05, 3.63) is 23.3 Å². The monoisotopic (exact) mass is 228 g/mol. The molecule has 15 heavy (non-hydrogen) atoms. The number of hydrogen-bond donors (Lipinski definition) is 2. The van der Waals surface area contributed by atoms with Crippen LogP contribution in [0.2, 0.25) is 0 Å². The van der Waals surface area contributed by atoms with Crippen molar-refractivity contribution in [3.63, 3.8) is 0 Å². The fourth-order valence-corrected chi connectivity index (χ4v) is 0.956. The van der Waals surface area contributed by atoms with Crippen molar-refractivity contribution in [3.8, 4) is 0 Å². The van der Waals surface area contributed by atoms with Crippen LogP contribution in [0.15, 0.2) is 11.6 Å². The third-order valence-corrected chi connectivity index (χ3v) is 1.83. The van der Waals surface area contributed by atoms with E-state index in [0.717, 1.165) is 0 Å². The first-order chi connectivity index (χ1) is 7.00. The lowest BCUT2D eigenvalue weighted by atomic mass is 10.2. The van der Waals surface area contributed by atoms with Crippen LogP contribution in [0.5, 0.6) is 0 Å². The van der Waals surface area contributed by atoms with Gasteiger partial charge in [-0.25, -0.2) is 4.98 Å². The molecule has 0 radical (unpaired) electrons. The average molecular weight is 229 g/mol. The van der Waals surface area contributed by atoms with Gasteiger partial charge in [0.05, 0.1) is 6.54 Å². The summed E-state index contributed by atoms with van der Waals surface area (Å²) >= 11 is 5.51. The quantitative estimate of drug-likeness (QED) is 0.819. The Hall–Kier alpha value is -1.36. The molecule has 82 valence electrons.